The molecule has 0 aromatic heterocycles. The summed E-state index contributed by atoms with van der Waals surface area (Å²) in [4.78, 5) is 0. The van der Waals surface area contributed by atoms with Crippen LogP contribution < -0.4 is 12.4 Å². The minimum atomic E-state index is 0. The molecule has 0 aliphatic heterocycles. The Kier molecular flexibility index (Phi) is 12.4. The number of halogens is 1. The van der Waals surface area contributed by atoms with Gasteiger partial charge in [-0.25, -0.2) is 0 Å². The fraction of sp³-hybridized carbons (Fsp3) is 0.760. The van der Waals surface area contributed by atoms with Crippen LogP contribution in [0.2, 0.25) is 0 Å². The Balaban J connectivity index is 0.00000364. The minimum absolute atomic E-state index is 0. The van der Waals surface area contributed by atoms with E-state index in [0.29, 0.717) is 0 Å². The van der Waals surface area contributed by atoms with Crippen molar-refractivity contribution in [2.24, 2.45) is 0 Å². The molecule has 1 aromatic carbocycles. The number of fused-ring (bicyclic) bond motifs is 1. The Morgan fingerprint density at radius 3 is 1.93 bits per heavy atom. The van der Waals surface area contributed by atoms with Crippen LogP contribution in [0.3, 0.4) is 0 Å². The zero-order chi connectivity index (χ0) is 18.7. The van der Waals surface area contributed by atoms with Crippen molar-refractivity contribution in [1.29, 1.82) is 0 Å². The number of nitrogens with zero attached hydrogens (tertiary/aromatic N) is 1. The van der Waals surface area contributed by atoms with Gasteiger partial charge < -0.3 is 16.9 Å². The molecule has 0 heterocycles. The summed E-state index contributed by atoms with van der Waals surface area (Å²) < 4.78 is 1.13. The number of quaternary nitrogens is 1. The second-order valence-corrected chi connectivity index (χ2v) is 9.31. The van der Waals surface area contributed by atoms with Gasteiger partial charge in [-0.3, -0.25) is 0 Å². The van der Waals surface area contributed by atoms with Gasteiger partial charge in [-0.15, -0.1) is 0 Å². The smallest absolute Gasteiger partial charge is 0.104 e. The molecule has 0 fully saturated rings. The molecule has 0 atom stereocenters. The van der Waals surface area contributed by atoms with Gasteiger partial charge in [-0.1, -0.05) is 70.4 Å². The Hall–Kier alpha value is -0.530. The third kappa shape index (κ3) is 9.99. The van der Waals surface area contributed by atoms with E-state index >= 15 is 0 Å². The lowest BCUT2D eigenvalue weighted by Crippen LogP contribution is -3.00. The predicted molar refractivity (Wildman–Crippen MR) is 116 cm³/mol. The van der Waals surface area contributed by atoms with E-state index in [1.54, 1.807) is 16.7 Å². The molecular formula is C25H44ClN. The van der Waals surface area contributed by atoms with Crippen molar-refractivity contribution < 1.29 is 16.9 Å². The largest absolute Gasteiger partial charge is 1.00 e. The van der Waals surface area contributed by atoms with E-state index in [9.17, 15) is 0 Å². The molecule has 1 aliphatic carbocycles. The van der Waals surface area contributed by atoms with E-state index in [4.69, 9.17) is 0 Å². The zero-order valence-electron chi connectivity index (χ0n) is 18.4. The molecule has 0 amide bonds. The molecule has 0 unspecified atom stereocenters. The van der Waals surface area contributed by atoms with Gasteiger partial charge >= 0.3 is 0 Å². The SMILES string of the molecule is CCCCCCCCCCCC[N+](C)(C)Cc1ccc2c(c1)CCCC2.[Cl-]. The lowest BCUT2D eigenvalue weighted by Gasteiger charge is -2.30. The molecule has 1 aliphatic rings. The first-order chi connectivity index (χ1) is 12.6. The van der Waals surface area contributed by atoms with Gasteiger partial charge in [0.25, 0.3) is 0 Å². The molecule has 0 spiro atoms. The fourth-order valence-electron chi connectivity index (χ4n) is 4.49. The Labute approximate surface area is 175 Å². The van der Waals surface area contributed by atoms with Gasteiger partial charge in [-0.05, 0) is 55.7 Å². The maximum atomic E-state index is 2.51. The van der Waals surface area contributed by atoms with E-state index in [1.807, 2.05) is 0 Å². The fourth-order valence-corrected chi connectivity index (χ4v) is 4.49. The zero-order valence-corrected chi connectivity index (χ0v) is 19.1. The predicted octanol–water partition coefficient (Wildman–Crippen LogP) is 4.07. The van der Waals surface area contributed by atoms with Crippen molar-refractivity contribution in [3.63, 3.8) is 0 Å². The maximum Gasteiger partial charge on any atom is 0.104 e. The monoisotopic (exact) mass is 393 g/mol. The van der Waals surface area contributed by atoms with Gasteiger partial charge in [0.15, 0.2) is 0 Å². The highest BCUT2D eigenvalue weighted by atomic mass is 35.5. The van der Waals surface area contributed by atoms with Gasteiger partial charge in [0.05, 0.1) is 20.6 Å². The molecular weight excluding hydrogens is 350 g/mol. The van der Waals surface area contributed by atoms with Gasteiger partial charge in [0, 0.05) is 5.56 Å². The van der Waals surface area contributed by atoms with Crippen LogP contribution in [-0.4, -0.2) is 25.1 Å². The van der Waals surface area contributed by atoms with E-state index in [0.717, 1.165) is 4.48 Å². The summed E-state index contributed by atoms with van der Waals surface area (Å²) >= 11 is 0. The molecule has 156 valence electrons. The molecule has 1 nitrogen and oxygen atoms in total. The van der Waals surface area contributed by atoms with Gasteiger partial charge in [0.2, 0.25) is 0 Å². The topological polar surface area (TPSA) is 0 Å². The summed E-state index contributed by atoms with van der Waals surface area (Å²) in [5, 5.41) is 0. The van der Waals surface area contributed by atoms with E-state index < -0.39 is 0 Å². The lowest BCUT2D eigenvalue weighted by atomic mass is 9.90. The molecule has 2 rings (SSSR count). The number of benzene rings is 1. The highest BCUT2D eigenvalue weighted by Gasteiger charge is 2.17. The molecule has 0 radical (unpaired) electrons. The summed E-state index contributed by atoms with van der Waals surface area (Å²) in [6, 6.07) is 7.31. The maximum absolute atomic E-state index is 2.51. The van der Waals surface area contributed by atoms with Crippen LogP contribution in [0.15, 0.2) is 18.2 Å². The van der Waals surface area contributed by atoms with Crippen molar-refractivity contribution in [1.82, 2.24) is 0 Å². The third-order valence-electron chi connectivity index (χ3n) is 6.14. The molecule has 0 bridgehead atoms. The highest BCUT2D eigenvalue weighted by Crippen LogP contribution is 2.23. The number of unbranched alkanes of at least 4 members (excludes halogenated alkanes) is 9. The first kappa shape index (κ1) is 24.5. The van der Waals surface area contributed by atoms with Crippen molar-refractivity contribution >= 4 is 0 Å². The molecule has 0 N–H and O–H groups in total. The van der Waals surface area contributed by atoms with Crippen LogP contribution in [-0.2, 0) is 19.4 Å². The second kappa shape index (κ2) is 13.6. The Morgan fingerprint density at radius 1 is 0.741 bits per heavy atom. The van der Waals surface area contributed by atoms with Crippen LogP contribution in [0.25, 0.3) is 0 Å². The Bertz CT molecular complexity index is 509. The summed E-state index contributed by atoms with van der Waals surface area (Å²) in [7, 11) is 4.82. The van der Waals surface area contributed by atoms with E-state index in [1.165, 1.54) is 103 Å². The summed E-state index contributed by atoms with van der Waals surface area (Å²) in [5.41, 5.74) is 4.79. The first-order valence-corrected chi connectivity index (χ1v) is 11.5. The minimum Gasteiger partial charge on any atom is -1.00 e. The summed E-state index contributed by atoms with van der Waals surface area (Å²) in [6.45, 7) is 4.80. The van der Waals surface area contributed by atoms with E-state index in [2.05, 4.69) is 39.2 Å². The van der Waals surface area contributed by atoms with E-state index in [-0.39, 0.29) is 12.4 Å². The van der Waals surface area contributed by atoms with Crippen molar-refractivity contribution in [3.8, 4) is 0 Å². The third-order valence-corrected chi connectivity index (χ3v) is 6.14. The van der Waals surface area contributed by atoms with Crippen molar-refractivity contribution in [2.45, 2.75) is 103 Å². The van der Waals surface area contributed by atoms with Crippen LogP contribution in [0.1, 0.15) is 101 Å². The van der Waals surface area contributed by atoms with Crippen LogP contribution >= 0.6 is 0 Å². The lowest BCUT2D eigenvalue weighted by molar-refractivity contribution is -0.903. The van der Waals surface area contributed by atoms with Crippen LogP contribution in [0.4, 0.5) is 0 Å². The molecule has 0 saturated heterocycles. The first-order valence-electron chi connectivity index (χ1n) is 11.5. The summed E-state index contributed by atoms with van der Waals surface area (Å²) in [6.07, 6.45) is 19.7. The van der Waals surface area contributed by atoms with Gasteiger partial charge in [0.1, 0.15) is 6.54 Å². The highest BCUT2D eigenvalue weighted by molar-refractivity contribution is 5.33. The normalized spacial score (nSPS) is 13.9. The average molecular weight is 394 g/mol. The Morgan fingerprint density at radius 2 is 1.30 bits per heavy atom. The van der Waals surface area contributed by atoms with Crippen LogP contribution in [0, 0.1) is 0 Å². The molecule has 1 aromatic rings. The number of hydrogen-bond donors (Lipinski definition) is 0. The quantitative estimate of drug-likeness (QED) is 0.350. The molecule has 27 heavy (non-hydrogen) atoms. The van der Waals surface area contributed by atoms with Crippen molar-refractivity contribution in [3.05, 3.63) is 34.9 Å². The second-order valence-electron chi connectivity index (χ2n) is 9.31. The number of aryl methyl sites for hydroxylation is 2. The molecule has 0 saturated carbocycles. The standard InChI is InChI=1S/C25H44N.ClH/c1-4-5-6-7-8-9-10-11-12-15-20-26(2,3)22-23-18-19-24-16-13-14-17-25(24)21-23;/h18-19,21H,4-17,20,22H2,1-3H3;1H/q+1;/p-1. The van der Waals surface area contributed by atoms with Crippen LogP contribution in [0.5, 0.6) is 0 Å². The average Bonchev–Trinajstić information content (AvgIpc) is 2.63. The van der Waals surface area contributed by atoms with Crippen molar-refractivity contribution in [2.75, 3.05) is 20.6 Å². The molecule has 2 heteroatoms. The number of rotatable bonds is 13. The number of hydrogen-bond acceptors (Lipinski definition) is 0. The summed E-state index contributed by atoms with van der Waals surface area (Å²) in [5.74, 6) is 0. The van der Waals surface area contributed by atoms with Gasteiger partial charge in [-0.2, -0.15) is 0 Å².